The van der Waals surface area contributed by atoms with Crippen LogP contribution in [0.2, 0.25) is 0 Å². The van der Waals surface area contributed by atoms with Crippen molar-refractivity contribution in [2.75, 3.05) is 23.3 Å². The molecule has 0 aliphatic carbocycles. The maximum Gasteiger partial charge on any atom is 0.0604 e. The summed E-state index contributed by atoms with van der Waals surface area (Å²) in [4.78, 5) is 2.55. The smallest absolute Gasteiger partial charge is 0.0604 e. The van der Waals surface area contributed by atoms with Crippen molar-refractivity contribution in [3.05, 3.63) is 24.3 Å². The van der Waals surface area contributed by atoms with Gasteiger partial charge in [-0.2, -0.15) is 0 Å². The number of benzene rings is 1. The van der Waals surface area contributed by atoms with Crippen LogP contribution in [-0.2, 0) is 0 Å². The van der Waals surface area contributed by atoms with Gasteiger partial charge in [0.1, 0.15) is 0 Å². The molecule has 0 radical (unpaired) electrons. The maximum absolute atomic E-state index is 3.51. The normalized spacial score (nSPS) is 17.2. The van der Waals surface area contributed by atoms with Crippen LogP contribution >= 0.6 is 0 Å². The van der Waals surface area contributed by atoms with Gasteiger partial charge in [0.2, 0.25) is 0 Å². The third-order valence-electron chi connectivity index (χ3n) is 3.34. The summed E-state index contributed by atoms with van der Waals surface area (Å²) in [6.45, 7) is 6.86. The zero-order valence-electron chi connectivity index (χ0n) is 10.4. The predicted octanol–water partition coefficient (Wildman–Crippen LogP) is 3.50. The van der Waals surface area contributed by atoms with Crippen LogP contribution < -0.4 is 10.2 Å². The highest BCUT2D eigenvalue weighted by atomic mass is 15.2. The second kappa shape index (κ2) is 5.24. The molecule has 1 aromatic carbocycles. The van der Waals surface area contributed by atoms with E-state index in [1.165, 1.54) is 37.2 Å². The van der Waals surface area contributed by atoms with Crippen LogP contribution in [0.5, 0.6) is 0 Å². The Bertz CT molecular complexity index is 335. The van der Waals surface area contributed by atoms with E-state index < -0.39 is 0 Å². The first kappa shape index (κ1) is 11.3. The van der Waals surface area contributed by atoms with E-state index in [1.54, 1.807) is 0 Å². The molecular weight excluding hydrogens is 196 g/mol. The number of rotatable bonds is 3. The van der Waals surface area contributed by atoms with Gasteiger partial charge in [-0.15, -0.1) is 0 Å². The summed E-state index contributed by atoms with van der Waals surface area (Å²) >= 11 is 0. The van der Waals surface area contributed by atoms with Crippen molar-refractivity contribution >= 4 is 11.4 Å². The standard InChI is InChI=1S/C14H22N2/c1-3-7-12(2)16-11-6-10-15-13-8-4-5-9-14(13)16/h4-5,8-9,12,15H,3,6-7,10-11H2,1-2H3. The first-order valence-corrected chi connectivity index (χ1v) is 6.42. The third-order valence-corrected chi connectivity index (χ3v) is 3.34. The number of hydrogen-bond donors (Lipinski definition) is 1. The molecule has 0 saturated carbocycles. The summed E-state index contributed by atoms with van der Waals surface area (Å²) in [6, 6.07) is 9.31. The minimum absolute atomic E-state index is 0.644. The molecule has 2 heteroatoms. The summed E-state index contributed by atoms with van der Waals surface area (Å²) < 4.78 is 0. The van der Waals surface area contributed by atoms with Gasteiger partial charge in [-0.25, -0.2) is 0 Å². The molecule has 0 aromatic heterocycles. The quantitative estimate of drug-likeness (QED) is 0.835. The Morgan fingerprint density at radius 1 is 1.38 bits per heavy atom. The molecule has 1 N–H and O–H groups in total. The molecule has 1 atom stereocenters. The van der Waals surface area contributed by atoms with Gasteiger partial charge >= 0.3 is 0 Å². The fourth-order valence-electron chi connectivity index (χ4n) is 2.50. The van der Waals surface area contributed by atoms with Gasteiger partial charge in [-0.05, 0) is 31.9 Å². The molecule has 1 aliphatic heterocycles. The van der Waals surface area contributed by atoms with Crippen LogP contribution in [0.3, 0.4) is 0 Å². The van der Waals surface area contributed by atoms with E-state index in [0.717, 1.165) is 6.54 Å². The van der Waals surface area contributed by atoms with E-state index in [2.05, 4.69) is 48.3 Å². The van der Waals surface area contributed by atoms with Gasteiger partial charge in [0.05, 0.1) is 11.4 Å². The average molecular weight is 218 g/mol. The summed E-state index contributed by atoms with van der Waals surface area (Å²) in [5.41, 5.74) is 2.67. The van der Waals surface area contributed by atoms with E-state index in [0.29, 0.717) is 6.04 Å². The number of nitrogens with one attached hydrogen (secondary N) is 1. The molecule has 1 heterocycles. The first-order valence-electron chi connectivity index (χ1n) is 6.42. The Morgan fingerprint density at radius 3 is 3.00 bits per heavy atom. The Labute approximate surface area is 98.7 Å². The molecule has 88 valence electrons. The zero-order valence-corrected chi connectivity index (χ0v) is 10.4. The van der Waals surface area contributed by atoms with Gasteiger partial charge in [-0.1, -0.05) is 25.5 Å². The van der Waals surface area contributed by atoms with Crippen molar-refractivity contribution in [2.45, 2.75) is 39.2 Å². The summed E-state index contributed by atoms with van der Waals surface area (Å²) in [5, 5.41) is 3.51. The summed E-state index contributed by atoms with van der Waals surface area (Å²) in [5.74, 6) is 0. The van der Waals surface area contributed by atoms with E-state index in [-0.39, 0.29) is 0 Å². The van der Waals surface area contributed by atoms with E-state index >= 15 is 0 Å². The Morgan fingerprint density at radius 2 is 2.19 bits per heavy atom. The molecule has 0 amide bonds. The highest BCUT2D eigenvalue weighted by Crippen LogP contribution is 2.30. The van der Waals surface area contributed by atoms with Crippen LogP contribution in [-0.4, -0.2) is 19.1 Å². The van der Waals surface area contributed by atoms with Crippen LogP contribution in [0.25, 0.3) is 0 Å². The van der Waals surface area contributed by atoms with Crippen molar-refractivity contribution in [3.63, 3.8) is 0 Å². The maximum atomic E-state index is 3.51. The van der Waals surface area contributed by atoms with Crippen LogP contribution in [0.4, 0.5) is 11.4 Å². The Hall–Kier alpha value is -1.18. The van der Waals surface area contributed by atoms with Gasteiger partial charge in [-0.3, -0.25) is 0 Å². The highest BCUT2D eigenvalue weighted by Gasteiger charge is 2.18. The first-order chi connectivity index (χ1) is 7.83. The van der Waals surface area contributed by atoms with E-state index in [1.807, 2.05) is 0 Å². The van der Waals surface area contributed by atoms with Gasteiger partial charge in [0.25, 0.3) is 0 Å². The minimum atomic E-state index is 0.644. The molecule has 0 spiro atoms. The van der Waals surface area contributed by atoms with Crippen molar-refractivity contribution in [3.8, 4) is 0 Å². The average Bonchev–Trinajstić information content (AvgIpc) is 2.51. The van der Waals surface area contributed by atoms with Crippen molar-refractivity contribution in [2.24, 2.45) is 0 Å². The lowest BCUT2D eigenvalue weighted by Crippen LogP contribution is -2.33. The second-order valence-electron chi connectivity index (χ2n) is 4.63. The molecule has 1 aromatic rings. The molecular formula is C14H22N2. The topological polar surface area (TPSA) is 15.3 Å². The van der Waals surface area contributed by atoms with Gasteiger partial charge in [0, 0.05) is 19.1 Å². The second-order valence-corrected chi connectivity index (χ2v) is 4.63. The van der Waals surface area contributed by atoms with Crippen LogP contribution in [0.1, 0.15) is 33.1 Å². The monoisotopic (exact) mass is 218 g/mol. The lowest BCUT2D eigenvalue weighted by Gasteiger charge is -2.31. The number of fused-ring (bicyclic) bond motifs is 1. The predicted molar refractivity (Wildman–Crippen MR) is 71.3 cm³/mol. The molecule has 0 bridgehead atoms. The van der Waals surface area contributed by atoms with Crippen molar-refractivity contribution in [1.82, 2.24) is 0 Å². The molecule has 0 fully saturated rings. The van der Waals surface area contributed by atoms with E-state index in [4.69, 9.17) is 0 Å². The van der Waals surface area contributed by atoms with Crippen molar-refractivity contribution in [1.29, 1.82) is 0 Å². The fourth-order valence-corrected chi connectivity index (χ4v) is 2.50. The Kier molecular flexibility index (Phi) is 3.70. The molecule has 2 rings (SSSR count). The summed E-state index contributed by atoms with van der Waals surface area (Å²) in [6.07, 6.45) is 3.75. The van der Waals surface area contributed by atoms with Gasteiger partial charge < -0.3 is 10.2 Å². The largest absolute Gasteiger partial charge is 0.383 e. The highest BCUT2D eigenvalue weighted by molar-refractivity contribution is 5.71. The van der Waals surface area contributed by atoms with Crippen LogP contribution in [0, 0.1) is 0 Å². The number of para-hydroxylation sites is 2. The van der Waals surface area contributed by atoms with Crippen molar-refractivity contribution < 1.29 is 0 Å². The summed E-state index contributed by atoms with van der Waals surface area (Å²) in [7, 11) is 0. The molecule has 1 aliphatic rings. The lowest BCUT2D eigenvalue weighted by molar-refractivity contribution is 0.578. The molecule has 0 saturated heterocycles. The molecule has 2 nitrogen and oxygen atoms in total. The third kappa shape index (κ3) is 2.31. The zero-order chi connectivity index (χ0) is 11.4. The van der Waals surface area contributed by atoms with E-state index in [9.17, 15) is 0 Å². The van der Waals surface area contributed by atoms with Gasteiger partial charge in [0.15, 0.2) is 0 Å². The number of anilines is 2. The Balaban J connectivity index is 2.25. The number of hydrogen-bond acceptors (Lipinski definition) is 2. The lowest BCUT2D eigenvalue weighted by atomic mass is 10.1. The molecule has 1 unspecified atom stereocenters. The minimum Gasteiger partial charge on any atom is -0.383 e. The number of nitrogens with zero attached hydrogens (tertiary/aromatic N) is 1. The SMILES string of the molecule is CCCC(C)N1CCCNc2ccccc21. The fraction of sp³-hybridized carbons (Fsp3) is 0.571. The molecule has 16 heavy (non-hydrogen) atoms. The van der Waals surface area contributed by atoms with Crippen LogP contribution in [0.15, 0.2) is 24.3 Å².